The third-order valence-corrected chi connectivity index (χ3v) is 5.40. The second-order valence-corrected chi connectivity index (χ2v) is 7.57. The third kappa shape index (κ3) is 3.76. The van der Waals surface area contributed by atoms with Crippen molar-refractivity contribution in [3.63, 3.8) is 0 Å². The Morgan fingerprint density at radius 2 is 1.52 bits per heavy atom. The SMILES string of the molecule is O=C(CNS(=O)(=O)c1ccc2c(c1)OCO2)NCc1ccc2c(c1)OCO2. The van der Waals surface area contributed by atoms with E-state index in [1.165, 1.54) is 18.2 Å². The molecule has 0 aliphatic carbocycles. The molecule has 27 heavy (non-hydrogen) atoms. The molecule has 0 unspecified atom stereocenters. The van der Waals surface area contributed by atoms with Crippen molar-refractivity contribution in [3.05, 3.63) is 42.0 Å². The first-order chi connectivity index (χ1) is 13.0. The van der Waals surface area contributed by atoms with E-state index in [-0.39, 0.29) is 31.6 Å². The molecule has 4 rings (SSSR count). The molecule has 0 saturated carbocycles. The summed E-state index contributed by atoms with van der Waals surface area (Å²) in [4.78, 5) is 12.0. The second-order valence-electron chi connectivity index (χ2n) is 5.80. The molecule has 0 radical (unpaired) electrons. The molecule has 9 nitrogen and oxygen atoms in total. The fourth-order valence-electron chi connectivity index (χ4n) is 2.60. The number of carbonyl (C=O) groups excluding carboxylic acids is 1. The molecule has 2 aromatic carbocycles. The van der Waals surface area contributed by atoms with Crippen LogP contribution < -0.4 is 29.0 Å². The van der Waals surface area contributed by atoms with E-state index in [0.717, 1.165) is 5.56 Å². The van der Waals surface area contributed by atoms with Crippen LogP contribution in [0.5, 0.6) is 23.0 Å². The van der Waals surface area contributed by atoms with Crippen molar-refractivity contribution < 1.29 is 32.2 Å². The first-order valence-electron chi connectivity index (χ1n) is 8.06. The zero-order valence-electron chi connectivity index (χ0n) is 14.1. The molecule has 142 valence electrons. The van der Waals surface area contributed by atoms with E-state index >= 15 is 0 Å². The average molecular weight is 392 g/mol. The average Bonchev–Trinajstić information content (AvgIpc) is 3.32. The number of nitrogens with one attached hydrogen (secondary N) is 2. The van der Waals surface area contributed by atoms with Crippen molar-refractivity contribution in [2.24, 2.45) is 0 Å². The fourth-order valence-corrected chi connectivity index (χ4v) is 3.60. The van der Waals surface area contributed by atoms with Gasteiger partial charge in [0.15, 0.2) is 23.0 Å². The molecule has 0 spiro atoms. The Morgan fingerprint density at radius 1 is 0.889 bits per heavy atom. The normalized spacial score (nSPS) is 14.2. The Bertz CT molecular complexity index is 991. The summed E-state index contributed by atoms with van der Waals surface area (Å²) >= 11 is 0. The number of hydrogen-bond donors (Lipinski definition) is 2. The molecule has 0 saturated heterocycles. The van der Waals surface area contributed by atoms with E-state index in [1.54, 1.807) is 18.2 Å². The molecule has 10 heteroatoms. The highest BCUT2D eigenvalue weighted by Crippen LogP contribution is 2.34. The number of ether oxygens (including phenoxy) is 4. The second kappa shape index (κ2) is 6.97. The number of sulfonamides is 1. The maximum atomic E-state index is 12.3. The molecule has 2 aliphatic heterocycles. The number of carbonyl (C=O) groups is 1. The van der Waals surface area contributed by atoms with E-state index in [2.05, 4.69) is 10.0 Å². The lowest BCUT2D eigenvalue weighted by Crippen LogP contribution is -2.36. The summed E-state index contributed by atoms with van der Waals surface area (Å²) in [6, 6.07) is 9.57. The van der Waals surface area contributed by atoms with Gasteiger partial charge in [-0.25, -0.2) is 13.1 Å². The van der Waals surface area contributed by atoms with Crippen molar-refractivity contribution in [2.75, 3.05) is 20.1 Å². The van der Waals surface area contributed by atoms with Gasteiger partial charge in [-0.1, -0.05) is 6.07 Å². The summed E-state index contributed by atoms with van der Waals surface area (Å²) in [6.45, 7) is 0.0733. The van der Waals surface area contributed by atoms with Gasteiger partial charge < -0.3 is 24.3 Å². The summed E-state index contributed by atoms with van der Waals surface area (Å²) < 4.78 is 47.7. The monoisotopic (exact) mass is 392 g/mol. The molecular formula is C17H16N2O7S. The number of fused-ring (bicyclic) bond motifs is 2. The number of hydrogen-bond acceptors (Lipinski definition) is 7. The van der Waals surface area contributed by atoms with Crippen LogP contribution in [0.25, 0.3) is 0 Å². The summed E-state index contributed by atoms with van der Waals surface area (Å²) in [5.41, 5.74) is 0.811. The van der Waals surface area contributed by atoms with Crippen LogP contribution in [-0.2, 0) is 21.4 Å². The summed E-state index contributed by atoms with van der Waals surface area (Å²) in [5, 5.41) is 2.65. The van der Waals surface area contributed by atoms with Gasteiger partial charge in [-0.3, -0.25) is 4.79 Å². The molecule has 0 atom stereocenters. The van der Waals surface area contributed by atoms with Crippen LogP contribution in [0.2, 0.25) is 0 Å². The van der Waals surface area contributed by atoms with E-state index in [9.17, 15) is 13.2 Å². The van der Waals surface area contributed by atoms with Gasteiger partial charge in [0.25, 0.3) is 0 Å². The van der Waals surface area contributed by atoms with Gasteiger partial charge >= 0.3 is 0 Å². The molecule has 2 aromatic rings. The minimum Gasteiger partial charge on any atom is -0.454 e. The molecule has 2 N–H and O–H groups in total. The van der Waals surface area contributed by atoms with Gasteiger partial charge in [0.2, 0.25) is 29.5 Å². The number of rotatable bonds is 6. The van der Waals surface area contributed by atoms with E-state index in [4.69, 9.17) is 18.9 Å². The maximum Gasteiger partial charge on any atom is 0.241 e. The zero-order valence-corrected chi connectivity index (χ0v) is 14.9. The van der Waals surface area contributed by atoms with Crippen LogP contribution in [0.1, 0.15) is 5.56 Å². The Kier molecular flexibility index (Phi) is 4.50. The Hall–Kier alpha value is -2.98. The van der Waals surface area contributed by atoms with Gasteiger partial charge in [0.05, 0.1) is 11.4 Å². The Labute approximate surface area is 155 Å². The van der Waals surface area contributed by atoms with Crippen molar-refractivity contribution >= 4 is 15.9 Å². The quantitative estimate of drug-likeness (QED) is 0.746. The molecule has 0 aromatic heterocycles. The topological polar surface area (TPSA) is 112 Å². The van der Waals surface area contributed by atoms with E-state index in [1.807, 2.05) is 0 Å². The van der Waals surface area contributed by atoms with Gasteiger partial charge in [0, 0.05) is 12.6 Å². The van der Waals surface area contributed by atoms with E-state index in [0.29, 0.717) is 23.0 Å². The fraction of sp³-hybridized carbons (Fsp3) is 0.235. The molecule has 0 fully saturated rings. The van der Waals surface area contributed by atoms with Crippen LogP contribution in [0.4, 0.5) is 0 Å². The highest BCUT2D eigenvalue weighted by atomic mass is 32.2. The number of benzene rings is 2. The van der Waals surface area contributed by atoms with Crippen LogP contribution in [0.3, 0.4) is 0 Å². The summed E-state index contributed by atoms with van der Waals surface area (Å²) in [7, 11) is -3.85. The van der Waals surface area contributed by atoms with Crippen LogP contribution >= 0.6 is 0 Å². The lowest BCUT2D eigenvalue weighted by atomic mass is 10.2. The molecule has 2 aliphatic rings. The lowest BCUT2D eigenvalue weighted by molar-refractivity contribution is -0.120. The van der Waals surface area contributed by atoms with E-state index < -0.39 is 15.9 Å². The minimum absolute atomic E-state index is 0.00433. The van der Waals surface area contributed by atoms with Gasteiger partial charge in [-0.2, -0.15) is 0 Å². The zero-order chi connectivity index (χ0) is 18.9. The largest absolute Gasteiger partial charge is 0.454 e. The lowest BCUT2D eigenvalue weighted by Gasteiger charge is -2.09. The molecule has 1 amide bonds. The third-order valence-electron chi connectivity index (χ3n) is 4.00. The van der Waals surface area contributed by atoms with Crippen molar-refractivity contribution in [1.29, 1.82) is 0 Å². The summed E-state index contributed by atoms with van der Waals surface area (Å²) in [6.07, 6.45) is 0. The molecule has 2 heterocycles. The summed E-state index contributed by atoms with van der Waals surface area (Å²) in [5.74, 6) is 1.64. The van der Waals surface area contributed by atoms with Crippen LogP contribution in [0, 0.1) is 0 Å². The first kappa shape index (κ1) is 17.4. The predicted octanol–water partition coefficient (Wildman–Crippen LogP) is 0.739. The minimum atomic E-state index is -3.85. The van der Waals surface area contributed by atoms with Crippen LogP contribution in [-0.4, -0.2) is 34.5 Å². The smallest absolute Gasteiger partial charge is 0.241 e. The number of amides is 1. The highest BCUT2D eigenvalue weighted by Gasteiger charge is 2.21. The molecular weight excluding hydrogens is 376 g/mol. The molecule has 0 bridgehead atoms. The van der Waals surface area contributed by atoms with Gasteiger partial charge in [-0.05, 0) is 29.8 Å². The van der Waals surface area contributed by atoms with Crippen molar-refractivity contribution in [2.45, 2.75) is 11.4 Å². The first-order valence-corrected chi connectivity index (χ1v) is 9.54. The Balaban J connectivity index is 1.32. The van der Waals surface area contributed by atoms with Gasteiger partial charge in [0.1, 0.15) is 0 Å². The highest BCUT2D eigenvalue weighted by molar-refractivity contribution is 7.89. The van der Waals surface area contributed by atoms with Crippen molar-refractivity contribution in [1.82, 2.24) is 10.0 Å². The Morgan fingerprint density at radius 3 is 2.26 bits per heavy atom. The van der Waals surface area contributed by atoms with Gasteiger partial charge in [-0.15, -0.1) is 0 Å². The maximum absolute atomic E-state index is 12.3. The van der Waals surface area contributed by atoms with Crippen molar-refractivity contribution in [3.8, 4) is 23.0 Å². The standard InChI is InChI=1S/C17H16N2O7S/c20-17(18-7-11-1-3-13-15(5-11)25-9-23-13)8-19-27(21,22)12-2-4-14-16(6-12)26-10-24-14/h1-6,19H,7-10H2,(H,18,20). The predicted molar refractivity (Wildman–Crippen MR) is 92.2 cm³/mol. The van der Waals surface area contributed by atoms with Crippen LogP contribution in [0.15, 0.2) is 41.3 Å².